The van der Waals surface area contributed by atoms with Gasteiger partial charge < -0.3 is 19.7 Å². The number of rotatable bonds is 6. The molecule has 0 radical (unpaired) electrons. The monoisotopic (exact) mass is 404 g/mol. The van der Waals surface area contributed by atoms with E-state index in [1.807, 2.05) is 49.4 Å². The summed E-state index contributed by atoms with van der Waals surface area (Å²) < 4.78 is 11.3. The van der Waals surface area contributed by atoms with Crippen molar-refractivity contribution < 1.29 is 9.47 Å². The fourth-order valence-electron chi connectivity index (χ4n) is 3.20. The lowest BCUT2D eigenvalue weighted by atomic mass is 10.2. The van der Waals surface area contributed by atoms with Crippen LogP contribution in [0.5, 0.6) is 5.75 Å². The maximum atomic E-state index is 6.38. The van der Waals surface area contributed by atoms with Gasteiger partial charge in [-0.25, -0.2) is 0 Å². The van der Waals surface area contributed by atoms with E-state index in [-0.39, 0.29) is 6.10 Å². The number of anilines is 1. The maximum Gasteiger partial charge on any atom is 0.173 e. The molecule has 2 aromatic carbocycles. The summed E-state index contributed by atoms with van der Waals surface area (Å²) in [6, 6.07) is 13.8. The van der Waals surface area contributed by atoms with Gasteiger partial charge in [-0.2, -0.15) is 0 Å². The number of benzene rings is 2. The first-order chi connectivity index (χ1) is 13.1. The summed E-state index contributed by atoms with van der Waals surface area (Å²) in [6.07, 6.45) is 2.33. The van der Waals surface area contributed by atoms with E-state index in [1.54, 1.807) is 7.11 Å². The molecule has 0 bridgehead atoms. The largest absolute Gasteiger partial charge is 0.495 e. The first kappa shape index (κ1) is 19.9. The molecule has 0 amide bonds. The van der Waals surface area contributed by atoms with E-state index < -0.39 is 0 Å². The molecule has 0 spiro atoms. The minimum atomic E-state index is 0.187. The van der Waals surface area contributed by atoms with Crippen molar-refractivity contribution in [2.75, 3.05) is 25.6 Å². The van der Waals surface area contributed by atoms with Gasteiger partial charge in [-0.05, 0) is 61.3 Å². The molecule has 6 heteroatoms. The highest BCUT2D eigenvalue weighted by Gasteiger charge is 2.22. The SMILES string of the molecule is COc1ccc(C)cc1NC(=S)N(Cc1ccccc1Cl)CC1CCCO1. The van der Waals surface area contributed by atoms with E-state index in [4.69, 9.17) is 33.3 Å². The number of methoxy groups -OCH3 is 1. The van der Waals surface area contributed by atoms with Gasteiger partial charge in [-0.3, -0.25) is 0 Å². The number of hydrogen-bond acceptors (Lipinski definition) is 3. The van der Waals surface area contributed by atoms with Gasteiger partial charge in [-0.15, -0.1) is 0 Å². The molecule has 1 aliphatic heterocycles. The second-order valence-corrected chi connectivity index (χ2v) is 7.53. The van der Waals surface area contributed by atoms with Gasteiger partial charge in [-0.1, -0.05) is 35.9 Å². The van der Waals surface area contributed by atoms with Crippen LogP contribution in [0.4, 0.5) is 5.69 Å². The molecule has 4 nitrogen and oxygen atoms in total. The predicted octanol–water partition coefficient (Wildman–Crippen LogP) is 5.04. The maximum absolute atomic E-state index is 6.38. The van der Waals surface area contributed by atoms with Crippen molar-refractivity contribution in [3.63, 3.8) is 0 Å². The van der Waals surface area contributed by atoms with Crippen molar-refractivity contribution in [3.8, 4) is 5.75 Å². The number of halogens is 1. The van der Waals surface area contributed by atoms with E-state index in [9.17, 15) is 0 Å². The molecule has 0 aromatic heterocycles. The Kier molecular flexibility index (Phi) is 6.94. The highest BCUT2D eigenvalue weighted by atomic mass is 35.5. The van der Waals surface area contributed by atoms with Crippen molar-refractivity contribution in [1.29, 1.82) is 0 Å². The van der Waals surface area contributed by atoms with Crippen LogP contribution in [-0.2, 0) is 11.3 Å². The number of ether oxygens (including phenoxy) is 2. The third-order valence-electron chi connectivity index (χ3n) is 4.65. The van der Waals surface area contributed by atoms with E-state index in [0.717, 1.165) is 53.6 Å². The third kappa shape index (κ3) is 5.34. The van der Waals surface area contributed by atoms with Gasteiger partial charge in [0, 0.05) is 24.7 Å². The molecule has 0 saturated carbocycles. The molecule has 1 N–H and O–H groups in total. The lowest BCUT2D eigenvalue weighted by molar-refractivity contribution is 0.0905. The minimum absolute atomic E-state index is 0.187. The molecule has 0 aliphatic carbocycles. The normalized spacial score (nSPS) is 16.2. The molecule has 3 rings (SSSR count). The quantitative estimate of drug-likeness (QED) is 0.682. The van der Waals surface area contributed by atoms with Crippen molar-refractivity contribution >= 4 is 34.6 Å². The van der Waals surface area contributed by atoms with Crippen LogP contribution in [-0.4, -0.2) is 36.4 Å². The minimum Gasteiger partial charge on any atom is -0.495 e. The molecule has 144 valence electrons. The highest BCUT2D eigenvalue weighted by Crippen LogP contribution is 2.26. The van der Waals surface area contributed by atoms with E-state index in [1.165, 1.54) is 0 Å². The molecule has 1 fully saturated rings. The molecule has 1 unspecified atom stereocenters. The van der Waals surface area contributed by atoms with Gasteiger partial charge in [0.1, 0.15) is 5.75 Å². The molecule has 27 heavy (non-hydrogen) atoms. The van der Waals surface area contributed by atoms with Crippen LogP contribution in [0.15, 0.2) is 42.5 Å². The number of nitrogens with zero attached hydrogens (tertiary/aromatic N) is 1. The zero-order valence-electron chi connectivity index (χ0n) is 15.7. The first-order valence-electron chi connectivity index (χ1n) is 9.12. The Hall–Kier alpha value is -1.82. The summed E-state index contributed by atoms with van der Waals surface area (Å²) >= 11 is 12.1. The predicted molar refractivity (Wildman–Crippen MR) is 115 cm³/mol. The first-order valence-corrected chi connectivity index (χ1v) is 9.91. The number of aryl methyl sites for hydroxylation is 1. The lowest BCUT2D eigenvalue weighted by Crippen LogP contribution is -2.39. The van der Waals surface area contributed by atoms with Gasteiger partial charge in [0.25, 0.3) is 0 Å². The van der Waals surface area contributed by atoms with Crippen LogP contribution >= 0.6 is 23.8 Å². The van der Waals surface area contributed by atoms with Gasteiger partial charge >= 0.3 is 0 Å². The summed E-state index contributed by atoms with van der Waals surface area (Å²) in [5.74, 6) is 0.762. The van der Waals surface area contributed by atoms with Crippen molar-refractivity contribution in [2.24, 2.45) is 0 Å². The molecule has 2 aromatic rings. The molecule has 1 heterocycles. The molecule has 1 atom stereocenters. The summed E-state index contributed by atoms with van der Waals surface area (Å²) in [5.41, 5.74) is 3.04. The fourth-order valence-corrected chi connectivity index (χ4v) is 3.64. The van der Waals surface area contributed by atoms with Crippen LogP contribution in [0.1, 0.15) is 24.0 Å². The smallest absolute Gasteiger partial charge is 0.173 e. The summed E-state index contributed by atoms with van der Waals surface area (Å²) in [6.45, 7) is 4.21. The Bertz CT molecular complexity index is 794. The van der Waals surface area contributed by atoms with Gasteiger partial charge in [0.05, 0.1) is 18.9 Å². The standard InChI is InChI=1S/C21H25ClN2O2S/c1-15-9-10-20(25-2)19(12-15)23-21(27)24(14-17-7-5-11-26-17)13-16-6-3-4-8-18(16)22/h3-4,6,8-10,12,17H,5,7,11,13-14H2,1-2H3,(H,23,27). The molecule has 1 aliphatic rings. The number of nitrogens with one attached hydrogen (secondary N) is 1. The Labute approximate surface area is 171 Å². The second kappa shape index (κ2) is 9.40. The summed E-state index contributed by atoms with van der Waals surface area (Å²) in [7, 11) is 1.66. The number of hydrogen-bond donors (Lipinski definition) is 1. The fraction of sp³-hybridized carbons (Fsp3) is 0.381. The van der Waals surface area contributed by atoms with Crippen LogP contribution in [0.25, 0.3) is 0 Å². The third-order valence-corrected chi connectivity index (χ3v) is 5.38. The number of thiocarbonyl (C=S) groups is 1. The summed E-state index contributed by atoms with van der Waals surface area (Å²) in [4.78, 5) is 2.12. The Balaban J connectivity index is 1.79. The lowest BCUT2D eigenvalue weighted by Gasteiger charge is -2.29. The van der Waals surface area contributed by atoms with Crippen molar-refractivity contribution in [2.45, 2.75) is 32.4 Å². The van der Waals surface area contributed by atoms with Crippen LogP contribution in [0, 0.1) is 6.92 Å². The molecular weight excluding hydrogens is 380 g/mol. The van der Waals surface area contributed by atoms with Crippen LogP contribution in [0.2, 0.25) is 5.02 Å². The topological polar surface area (TPSA) is 33.7 Å². The zero-order valence-corrected chi connectivity index (χ0v) is 17.3. The average Bonchev–Trinajstić information content (AvgIpc) is 3.16. The van der Waals surface area contributed by atoms with Crippen LogP contribution < -0.4 is 10.1 Å². The van der Waals surface area contributed by atoms with Crippen molar-refractivity contribution in [3.05, 3.63) is 58.6 Å². The van der Waals surface area contributed by atoms with Gasteiger partial charge in [0.2, 0.25) is 0 Å². The Morgan fingerprint density at radius 3 is 2.85 bits per heavy atom. The Morgan fingerprint density at radius 2 is 2.15 bits per heavy atom. The molecule has 1 saturated heterocycles. The summed E-state index contributed by atoms with van der Waals surface area (Å²) in [5, 5.41) is 4.72. The zero-order chi connectivity index (χ0) is 19.2. The van der Waals surface area contributed by atoms with Gasteiger partial charge in [0.15, 0.2) is 5.11 Å². The highest BCUT2D eigenvalue weighted by molar-refractivity contribution is 7.80. The van der Waals surface area contributed by atoms with E-state index >= 15 is 0 Å². The van der Waals surface area contributed by atoms with E-state index in [0.29, 0.717) is 11.7 Å². The van der Waals surface area contributed by atoms with Crippen LogP contribution in [0.3, 0.4) is 0 Å². The van der Waals surface area contributed by atoms with Crippen molar-refractivity contribution in [1.82, 2.24) is 4.90 Å². The molecular formula is C21H25ClN2O2S. The van der Waals surface area contributed by atoms with E-state index in [2.05, 4.69) is 10.2 Å². The average molecular weight is 405 g/mol. The second-order valence-electron chi connectivity index (χ2n) is 6.74. The Morgan fingerprint density at radius 1 is 1.33 bits per heavy atom.